The second-order valence-corrected chi connectivity index (χ2v) is 5.55. The molecule has 3 rings (SSSR count). The molecule has 3 aromatic rings. The van der Waals surface area contributed by atoms with E-state index < -0.39 is 0 Å². The summed E-state index contributed by atoms with van der Waals surface area (Å²) in [5, 5.41) is 12.3. The van der Waals surface area contributed by atoms with Gasteiger partial charge in [-0.2, -0.15) is 10.2 Å². The van der Waals surface area contributed by atoms with E-state index in [9.17, 15) is 0 Å². The summed E-state index contributed by atoms with van der Waals surface area (Å²) in [7, 11) is 3.18. The molecule has 8 heteroatoms. The molecular weight excluding hydrogens is 344 g/mol. The van der Waals surface area contributed by atoms with Crippen molar-refractivity contribution in [1.82, 2.24) is 9.78 Å². The van der Waals surface area contributed by atoms with Crippen molar-refractivity contribution in [3.63, 3.8) is 0 Å². The molecule has 0 aliphatic carbocycles. The maximum Gasteiger partial charge on any atom is 0.211 e. The molecule has 8 nitrogen and oxygen atoms in total. The van der Waals surface area contributed by atoms with Crippen molar-refractivity contribution in [3.05, 3.63) is 60.3 Å². The zero-order valence-corrected chi connectivity index (χ0v) is 15.0. The number of aromatic nitrogens is 2. The molecule has 0 radical (unpaired) electrons. The Morgan fingerprint density at radius 3 is 2.44 bits per heavy atom. The summed E-state index contributed by atoms with van der Waals surface area (Å²) in [6.45, 7) is 0. The number of hydrogen-bond donors (Lipinski definition) is 2. The van der Waals surface area contributed by atoms with Crippen LogP contribution < -0.4 is 20.9 Å². The molecule has 138 valence electrons. The van der Waals surface area contributed by atoms with Crippen LogP contribution in [0.15, 0.2) is 64.9 Å². The minimum absolute atomic E-state index is 0.116. The van der Waals surface area contributed by atoms with Gasteiger partial charge in [-0.15, -0.1) is 5.10 Å². The van der Waals surface area contributed by atoms with E-state index in [0.29, 0.717) is 17.2 Å². The summed E-state index contributed by atoms with van der Waals surface area (Å²) in [5.41, 5.74) is 13.9. The quantitative estimate of drug-likeness (QED) is 0.395. The molecule has 0 aliphatic rings. The summed E-state index contributed by atoms with van der Waals surface area (Å²) in [4.78, 5) is 0. The van der Waals surface area contributed by atoms with Gasteiger partial charge in [0, 0.05) is 17.3 Å². The van der Waals surface area contributed by atoms with E-state index in [1.165, 1.54) is 0 Å². The van der Waals surface area contributed by atoms with Gasteiger partial charge in [0.05, 0.1) is 26.1 Å². The number of methoxy groups -OCH3 is 2. The van der Waals surface area contributed by atoms with Crippen molar-refractivity contribution < 1.29 is 9.47 Å². The lowest BCUT2D eigenvalue weighted by molar-refractivity contribution is 0.355. The van der Waals surface area contributed by atoms with E-state index >= 15 is 0 Å². The van der Waals surface area contributed by atoms with E-state index in [1.54, 1.807) is 25.1 Å². The summed E-state index contributed by atoms with van der Waals surface area (Å²) < 4.78 is 12.5. The third-order valence-electron chi connectivity index (χ3n) is 3.79. The van der Waals surface area contributed by atoms with Crippen LogP contribution in [0.5, 0.6) is 11.5 Å². The number of ether oxygens (including phenoxy) is 2. The van der Waals surface area contributed by atoms with Crippen molar-refractivity contribution in [1.29, 1.82) is 0 Å². The fourth-order valence-electron chi connectivity index (χ4n) is 2.56. The molecule has 27 heavy (non-hydrogen) atoms. The van der Waals surface area contributed by atoms with Gasteiger partial charge in [0.2, 0.25) is 5.96 Å². The van der Waals surface area contributed by atoms with Gasteiger partial charge in [0.25, 0.3) is 0 Å². The van der Waals surface area contributed by atoms with Crippen LogP contribution in [-0.4, -0.2) is 36.2 Å². The average Bonchev–Trinajstić information content (AvgIpc) is 3.12. The van der Waals surface area contributed by atoms with Gasteiger partial charge in [0.1, 0.15) is 5.69 Å². The highest BCUT2D eigenvalue weighted by Crippen LogP contribution is 2.33. The molecular formula is C19H20N6O2. The third-order valence-corrected chi connectivity index (χ3v) is 3.79. The molecule has 0 bridgehead atoms. The lowest BCUT2D eigenvalue weighted by Gasteiger charge is -2.08. The van der Waals surface area contributed by atoms with Crippen molar-refractivity contribution in [3.8, 4) is 28.4 Å². The highest BCUT2D eigenvalue weighted by Gasteiger charge is 2.14. The van der Waals surface area contributed by atoms with E-state index in [0.717, 1.165) is 16.8 Å². The van der Waals surface area contributed by atoms with Crippen LogP contribution in [0, 0.1) is 0 Å². The van der Waals surface area contributed by atoms with Gasteiger partial charge in [0.15, 0.2) is 11.5 Å². The van der Waals surface area contributed by atoms with Gasteiger partial charge >= 0.3 is 0 Å². The first kappa shape index (κ1) is 18.0. The molecule has 0 fully saturated rings. The average molecular weight is 364 g/mol. The lowest BCUT2D eigenvalue weighted by atomic mass is 10.1. The Labute approximate surface area is 156 Å². The van der Waals surface area contributed by atoms with Crippen molar-refractivity contribution in [2.75, 3.05) is 14.2 Å². The normalized spacial score (nSPS) is 10.7. The van der Waals surface area contributed by atoms with Crippen LogP contribution in [0.25, 0.3) is 16.9 Å². The zero-order chi connectivity index (χ0) is 19.2. The Morgan fingerprint density at radius 2 is 1.78 bits per heavy atom. The topological polar surface area (TPSA) is 113 Å². The van der Waals surface area contributed by atoms with E-state index in [2.05, 4.69) is 10.2 Å². The van der Waals surface area contributed by atoms with Gasteiger partial charge in [-0.1, -0.05) is 18.2 Å². The first-order chi connectivity index (χ1) is 13.1. The molecule has 4 N–H and O–H groups in total. The Kier molecular flexibility index (Phi) is 5.36. The van der Waals surface area contributed by atoms with Gasteiger partial charge in [-0.05, 0) is 30.3 Å². The number of nitrogens with two attached hydrogens (primary N) is 2. The van der Waals surface area contributed by atoms with E-state index in [4.69, 9.17) is 26.0 Å². The number of hydrogen-bond acceptors (Lipinski definition) is 5. The fraction of sp³-hybridized carbons (Fsp3) is 0.105. The van der Waals surface area contributed by atoms with E-state index in [1.807, 2.05) is 54.7 Å². The molecule has 0 saturated carbocycles. The van der Waals surface area contributed by atoms with Crippen LogP contribution in [0.2, 0.25) is 0 Å². The second kappa shape index (κ2) is 8.05. The molecule has 0 unspecified atom stereocenters. The Bertz CT molecular complexity index is 975. The number of guanidine groups is 1. The highest BCUT2D eigenvalue weighted by atomic mass is 16.5. The van der Waals surface area contributed by atoms with Crippen LogP contribution in [-0.2, 0) is 0 Å². The summed E-state index contributed by atoms with van der Waals surface area (Å²) in [6, 6.07) is 15.3. The monoisotopic (exact) mass is 364 g/mol. The highest BCUT2D eigenvalue weighted by molar-refractivity contribution is 5.89. The standard InChI is InChI=1S/C19H20N6O2/c1-26-16-9-8-13(10-17(16)27-2)18-14(11-22-23-19(20)21)12-25(24-18)15-6-4-3-5-7-15/h3-12H,1-2H3,(H4,20,21,23)/b22-11+. The molecule has 2 aromatic carbocycles. The third kappa shape index (κ3) is 4.06. The minimum Gasteiger partial charge on any atom is -0.493 e. The largest absolute Gasteiger partial charge is 0.493 e. The Hall–Kier alpha value is -3.81. The molecule has 0 saturated heterocycles. The summed E-state index contributed by atoms with van der Waals surface area (Å²) in [6.07, 6.45) is 3.41. The number of nitrogens with zero attached hydrogens (tertiary/aromatic N) is 4. The smallest absolute Gasteiger partial charge is 0.211 e. The second-order valence-electron chi connectivity index (χ2n) is 5.55. The predicted molar refractivity (Wildman–Crippen MR) is 106 cm³/mol. The Balaban J connectivity index is 2.11. The molecule has 1 aromatic heterocycles. The van der Waals surface area contributed by atoms with Crippen LogP contribution in [0.4, 0.5) is 0 Å². The zero-order valence-electron chi connectivity index (χ0n) is 15.0. The summed E-state index contributed by atoms with van der Waals surface area (Å²) in [5.74, 6) is 1.13. The lowest BCUT2D eigenvalue weighted by Crippen LogP contribution is -2.21. The van der Waals surface area contributed by atoms with E-state index in [-0.39, 0.29) is 5.96 Å². The molecule has 1 heterocycles. The SMILES string of the molecule is COc1ccc(-c2nn(-c3ccccc3)cc2/C=N/N=C(N)N)cc1OC. The van der Waals surface area contributed by atoms with Crippen molar-refractivity contribution >= 4 is 12.2 Å². The number of rotatable bonds is 6. The van der Waals surface area contributed by atoms with Crippen LogP contribution >= 0.6 is 0 Å². The van der Waals surface area contributed by atoms with Crippen molar-refractivity contribution in [2.24, 2.45) is 21.7 Å². The van der Waals surface area contributed by atoms with Crippen molar-refractivity contribution in [2.45, 2.75) is 0 Å². The first-order valence-electron chi connectivity index (χ1n) is 8.12. The minimum atomic E-state index is -0.116. The molecule has 0 amide bonds. The molecule has 0 atom stereocenters. The van der Waals surface area contributed by atoms with Crippen LogP contribution in [0.3, 0.4) is 0 Å². The maximum atomic E-state index is 5.39. The number of para-hydroxylation sites is 1. The maximum absolute atomic E-state index is 5.39. The van der Waals surface area contributed by atoms with Crippen LogP contribution in [0.1, 0.15) is 5.56 Å². The predicted octanol–water partition coefficient (Wildman–Crippen LogP) is 2.16. The molecule has 0 spiro atoms. The van der Waals surface area contributed by atoms with Gasteiger partial charge < -0.3 is 20.9 Å². The molecule has 0 aliphatic heterocycles. The number of benzene rings is 2. The first-order valence-corrected chi connectivity index (χ1v) is 8.12. The summed E-state index contributed by atoms with van der Waals surface area (Å²) >= 11 is 0. The Morgan fingerprint density at radius 1 is 1.04 bits per heavy atom. The van der Waals surface area contributed by atoms with Gasteiger partial charge in [-0.25, -0.2) is 4.68 Å². The fourth-order valence-corrected chi connectivity index (χ4v) is 2.56. The van der Waals surface area contributed by atoms with Gasteiger partial charge in [-0.3, -0.25) is 0 Å².